The average molecular weight is 260 g/mol. The van der Waals surface area contributed by atoms with E-state index in [1.807, 2.05) is 13.8 Å². The summed E-state index contributed by atoms with van der Waals surface area (Å²) < 4.78 is 24.1. The van der Waals surface area contributed by atoms with Crippen molar-refractivity contribution in [2.75, 3.05) is 0 Å². The van der Waals surface area contributed by atoms with E-state index in [0.29, 0.717) is 11.0 Å². The van der Waals surface area contributed by atoms with Crippen molar-refractivity contribution in [1.82, 2.24) is 14.8 Å². The van der Waals surface area contributed by atoms with E-state index in [9.17, 15) is 8.42 Å². The Bertz CT molecular complexity index is 676. The normalized spacial score (nSPS) is 12.2. The molecule has 2 rings (SSSR count). The fourth-order valence-corrected chi connectivity index (χ4v) is 2.76. The molecule has 2 heterocycles. The van der Waals surface area contributed by atoms with Crippen molar-refractivity contribution < 1.29 is 8.42 Å². The molecule has 2 aromatic heterocycles. The largest absolute Gasteiger partial charge is 0.281 e. The first-order chi connectivity index (χ1) is 7.30. The molecule has 0 fully saturated rings. The zero-order chi connectivity index (χ0) is 12.1. The number of pyridine rings is 1. The predicted molar refractivity (Wildman–Crippen MR) is 61.0 cm³/mol. The van der Waals surface area contributed by atoms with Gasteiger partial charge in [0.25, 0.3) is 9.05 Å². The summed E-state index contributed by atoms with van der Waals surface area (Å²) in [5, 5.41) is 4.26. The fraction of sp³-hybridized carbons (Fsp3) is 0.333. The molecule has 0 N–H and O–H groups in total. The molecule has 0 atom stereocenters. The van der Waals surface area contributed by atoms with Gasteiger partial charge in [-0.25, -0.2) is 18.1 Å². The maximum absolute atomic E-state index is 11.4. The smallest absolute Gasteiger partial charge is 0.249 e. The molecule has 0 bridgehead atoms. The Morgan fingerprint density at radius 2 is 2.00 bits per heavy atom. The van der Waals surface area contributed by atoms with Crippen LogP contribution in [0.3, 0.4) is 0 Å². The van der Waals surface area contributed by atoms with Gasteiger partial charge in [-0.3, -0.25) is 0 Å². The van der Waals surface area contributed by atoms with E-state index in [2.05, 4.69) is 10.1 Å². The minimum atomic E-state index is -3.84. The number of nitrogens with zero attached hydrogens (tertiary/aromatic N) is 3. The van der Waals surface area contributed by atoms with Crippen LogP contribution in [0.5, 0.6) is 0 Å². The molecule has 0 saturated carbocycles. The van der Waals surface area contributed by atoms with Crippen molar-refractivity contribution in [3.63, 3.8) is 0 Å². The molecule has 16 heavy (non-hydrogen) atoms. The van der Waals surface area contributed by atoms with Crippen molar-refractivity contribution in [3.8, 4) is 0 Å². The molecule has 0 unspecified atom stereocenters. The van der Waals surface area contributed by atoms with E-state index in [4.69, 9.17) is 10.7 Å². The van der Waals surface area contributed by atoms with Crippen LogP contribution in [-0.2, 0) is 16.1 Å². The lowest BCUT2D eigenvalue weighted by Gasteiger charge is -1.99. The second-order valence-corrected chi connectivity index (χ2v) is 6.13. The quantitative estimate of drug-likeness (QED) is 0.729. The van der Waals surface area contributed by atoms with Gasteiger partial charge in [-0.2, -0.15) is 5.10 Å². The Morgan fingerprint density at radius 3 is 2.56 bits per heavy atom. The molecular weight excluding hydrogens is 250 g/mol. The SMILES string of the molecule is Cc1cc(C)c2c(S(=O)(=O)Cl)nn(C)c2n1. The lowest BCUT2D eigenvalue weighted by molar-refractivity contribution is 0.603. The standard InChI is InChI=1S/C9H10ClN3O2S/c1-5-4-6(2)11-8-7(5)9(12-13(8)3)16(10,14)15/h4H,1-3H3. The van der Waals surface area contributed by atoms with E-state index >= 15 is 0 Å². The van der Waals surface area contributed by atoms with Crippen molar-refractivity contribution in [3.05, 3.63) is 17.3 Å². The third-order valence-electron chi connectivity index (χ3n) is 2.32. The Morgan fingerprint density at radius 1 is 1.38 bits per heavy atom. The van der Waals surface area contributed by atoms with Gasteiger partial charge in [-0.15, -0.1) is 0 Å². The van der Waals surface area contributed by atoms with Gasteiger partial charge in [0.05, 0.1) is 5.39 Å². The first kappa shape index (κ1) is 11.3. The zero-order valence-corrected chi connectivity index (χ0v) is 10.6. The van der Waals surface area contributed by atoms with E-state index in [1.54, 1.807) is 13.1 Å². The zero-order valence-electron chi connectivity index (χ0n) is 9.02. The molecule has 5 nitrogen and oxygen atoms in total. The van der Waals surface area contributed by atoms with E-state index in [-0.39, 0.29) is 5.03 Å². The molecule has 0 aromatic carbocycles. The number of rotatable bonds is 1. The van der Waals surface area contributed by atoms with Gasteiger partial charge in [0.15, 0.2) is 5.65 Å². The van der Waals surface area contributed by atoms with Gasteiger partial charge >= 0.3 is 0 Å². The van der Waals surface area contributed by atoms with Gasteiger partial charge in [0, 0.05) is 23.4 Å². The maximum atomic E-state index is 11.4. The fourth-order valence-electron chi connectivity index (χ4n) is 1.72. The minimum absolute atomic E-state index is 0.128. The third kappa shape index (κ3) is 1.68. The van der Waals surface area contributed by atoms with Crippen LogP contribution in [0.4, 0.5) is 0 Å². The minimum Gasteiger partial charge on any atom is -0.249 e. The van der Waals surface area contributed by atoms with Gasteiger partial charge in [-0.05, 0) is 25.5 Å². The summed E-state index contributed by atoms with van der Waals surface area (Å²) in [6.07, 6.45) is 0. The van der Waals surface area contributed by atoms with Crippen molar-refractivity contribution in [1.29, 1.82) is 0 Å². The monoisotopic (exact) mass is 259 g/mol. The summed E-state index contributed by atoms with van der Waals surface area (Å²) in [7, 11) is 3.13. The van der Waals surface area contributed by atoms with E-state index in [1.165, 1.54) is 4.68 Å². The van der Waals surface area contributed by atoms with Gasteiger partial charge in [-0.1, -0.05) is 0 Å². The van der Waals surface area contributed by atoms with Crippen LogP contribution < -0.4 is 0 Å². The Hall–Kier alpha value is -1.14. The van der Waals surface area contributed by atoms with Crippen molar-refractivity contribution in [2.45, 2.75) is 18.9 Å². The molecule has 0 aliphatic carbocycles. The number of hydrogen-bond donors (Lipinski definition) is 0. The number of aromatic nitrogens is 3. The highest BCUT2D eigenvalue weighted by molar-refractivity contribution is 8.13. The summed E-state index contributed by atoms with van der Waals surface area (Å²) in [5.41, 5.74) is 2.14. The number of hydrogen-bond acceptors (Lipinski definition) is 4. The van der Waals surface area contributed by atoms with Crippen molar-refractivity contribution >= 4 is 30.8 Å². The molecule has 0 aliphatic heterocycles. The van der Waals surface area contributed by atoms with Crippen LogP contribution in [0.2, 0.25) is 0 Å². The van der Waals surface area contributed by atoms with Crippen LogP contribution in [0.15, 0.2) is 11.1 Å². The van der Waals surface area contributed by atoms with Gasteiger partial charge in [0.2, 0.25) is 5.03 Å². The summed E-state index contributed by atoms with van der Waals surface area (Å²) in [6, 6.07) is 1.80. The maximum Gasteiger partial charge on any atom is 0.281 e. The lowest BCUT2D eigenvalue weighted by Crippen LogP contribution is -1.95. The molecule has 2 aromatic rings. The molecule has 0 spiro atoms. The van der Waals surface area contributed by atoms with Gasteiger partial charge < -0.3 is 0 Å². The van der Waals surface area contributed by atoms with Crippen LogP contribution in [0, 0.1) is 13.8 Å². The highest BCUT2D eigenvalue weighted by Gasteiger charge is 2.22. The average Bonchev–Trinajstić information content (AvgIpc) is 2.43. The molecular formula is C9H10ClN3O2S. The topological polar surface area (TPSA) is 64.8 Å². The van der Waals surface area contributed by atoms with Gasteiger partial charge in [0.1, 0.15) is 0 Å². The second kappa shape index (κ2) is 3.43. The van der Waals surface area contributed by atoms with E-state index < -0.39 is 9.05 Å². The molecule has 0 saturated heterocycles. The summed E-state index contributed by atoms with van der Waals surface area (Å²) in [6.45, 7) is 3.65. The molecule has 0 radical (unpaired) electrons. The summed E-state index contributed by atoms with van der Waals surface area (Å²) >= 11 is 0. The highest BCUT2D eigenvalue weighted by atomic mass is 35.7. The summed E-state index contributed by atoms with van der Waals surface area (Å²) in [4.78, 5) is 4.25. The predicted octanol–water partition coefficient (Wildman–Crippen LogP) is 1.51. The lowest BCUT2D eigenvalue weighted by atomic mass is 10.2. The van der Waals surface area contributed by atoms with Crippen LogP contribution in [-0.4, -0.2) is 23.2 Å². The number of halogens is 1. The molecule has 7 heteroatoms. The van der Waals surface area contributed by atoms with Crippen molar-refractivity contribution in [2.24, 2.45) is 7.05 Å². The van der Waals surface area contributed by atoms with E-state index in [0.717, 1.165) is 11.3 Å². The molecule has 86 valence electrons. The first-order valence-electron chi connectivity index (χ1n) is 4.56. The number of aryl methyl sites for hydroxylation is 3. The Kier molecular flexibility index (Phi) is 2.43. The Balaban J connectivity index is 3.01. The van der Waals surface area contributed by atoms with Crippen LogP contribution in [0.1, 0.15) is 11.3 Å². The number of fused-ring (bicyclic) bond motifs is 1. The molecule has 0 amide bonds. The molecule has 0 aliphatic rings. The Labute approximate surface area is 97.5 Å². The summed E-state index contributed by atoms with van der Waals surface area (Å²) in [5.74, 6) is 0. The van der Waals surface area contributed by atoms with Crippen LogP contribution in [0.25, 0.3) is 11.0 Å². The second-order valence-electron chi connectivity index (χ2n) is 3.65. The third-order valence-corrected chi connectivity index (χ3v) is 3.50. The first-order valence-corrected chi connectivity index (χ1v) is 6.87. The highest BCUT2D eigenvalue weighted by Crippen LogP contribution is 2.26. The van der Waals surface area contributed by atoms with Crippen LogP contribution >= 0.6 is 10.7 Å².